The predicted octanol–water partition coefficient (Wildman–Crippen LogP) is 18.0. The average molecular weight is 1920 g/mol. The van der Waals surface area contributed by atoms with Gasteiger partial charge in [-0.2, -0.15) is 19.9 Å². The van der Waals surface area contributed by atoms with Crippen molar-refractivity contribution in [1.29, 1.82) is 0 Å². The maximum absolute atomic E-state index is 13.4. The Morgan fingerprint density at radius 1 is 0.350 bits per heavy atom. The molecule has 708 valence electrons. The zero-order chi connectivity index (χ0) is 95.7. The molecule has 4 aliphatic heterocycles. The van der Waals surface area contributed by atoms with Crippen LogP contribution in [0.3, 0.4) is 0 Å². The van der Waals surface area contributed by atoms with Crippen molar-refractivity contribution in [2.75, 3.05) is 73.6 Å². The molecule has 17 heterocycles. The van der Waals surface area contributed by atoms with Gasteiger partial charge in [-0.25, -0.2) is 39.9 Å². The molecule has 2 aliphatic carbocycles. The molecule has 37 heteroatoms. The number of nitrogens with one attached hydrogen (secondary N) is 4. The van der Waals surface area contributed by atoms with Crippen molar-refractivity contribution in [2.24, 2.45) is 35.5 Å². The first-order valence-electron chi connectivity index (χ1n) is 46.9. The number of hydrogen-bond acceptors (Lipinski definition) is 33. The minimum atomic E-state index is -0.171. The summed E-state index contributed by atoms with van der Waals surface area (Å²) in [6.45, 7) is 24.1. The van der Waals surface area contributed by atoms with Crippen molar-refractivity contribution in [3.8, 4) is 0 Å². The largest absolute Gasteiger partial charge is 0.472 e. The number of aryl methyl sites for hydroxylation is 6. The van der Waals surface area contributed by atoms with Crippen LogP contribution in [0.2, 0.25) is 0 Å². The molecule has 0 radical (unpaired) electrons. The van der Waals surface area contributed by atoms with Gasteiger partial charge in [-0.1, -0.05) is 80.0 Å². The highest BCUT2D eigenvalue weighted by atomic mass is 32.1. The average Bonchev–Trinajstić information content (AvgIpc) is 1.61. The molecule has 4 atom stereocenters. The van der Waals surface area contributed by atoms with E-state index in [-0.39, 0.29) is 94.9 Å². The van der Waals surface area contributed by atoms with Crippen molar-refractivity contribution < 1.29 is 42.8 Å². The van der Waals surface area contributed by atoms with Gasteiger partial charge < -0.3 is 45.3 Å². The van der Waals surface area contributed by atoms with E-state index in [4.69, 9.17) is 4.42 Å². The Labute approximate surface area is 808 Å². The van der Waals surface area contributed by atoms with Crippen molar-refractivity contribution in [2.45, 2.75) is 183 Å². The molecule has 4 N–H and O–H groups in total. The number of anilines is 4. The molecule has 4 unspecified atom stereocenters. The first-order valence-corrected chi connectivity index (χ1v) is 50.1. The minimum Gasteiger partial charge on any atom is -0.472 e. The monoisotopic (exact) mass is 1920 g/mol. The molecule has 137 heavy (non-hydrogen) atoms. The summed E-state index contributed by atoms with van der Waals surface area (Å²) in [6.07, 6.45) is 30.3. The van der Waals surface area contributed by atoms with Crippen LogP contribution >= 0.6 is 45.3 Å². The van der Waals surface area contributed by atoms with Crippen LogP contribution < -0.4 is 21.3 Å². The number of hydrogen-bond donors (Lipinski definition) is 4. The molecule has 33 nitrogen and oxygen atoms in total. The summed E-state index contributed by atoms with van der Waals surface area (Å²) in [4.78, 5) is 182. The number of amides is 4. The van der Waals surface area contributed by atoms with Gasteiger partial charge in [0.05, 0.1) is 56.0 Å². The van der Waals surface area contributed by atoms with E-state index in [1.807, 2.05) is 130 Å². The molecule has 4 saturated heterocycles. The molecule has 6 fully saturated rings. The van der Waals surface area contributed by atoms with Crippen LogP contribution in [0.4, 0.5) is 23.8 Å². The number of ketones is 4. The zero-order valence-corrected chi connectivity index (χ0v) is 81.5. The number of carbonyl (C=O) groups is 8. The number of thiazole rings is 4. The number of rotatable bonds is 28. The van der Waals surface area contributed by atoms with Gasteiger partial charge in [-0.15, -0.1) is 45.3 Å². The van der Waals surface area contributed by atoms with E-state index < -0.39 is 0 Å². The Hall–Kier alpha value is -13.3. The van der Waals surface area contributed by atoms with Gasteiger partial charge in [0.15, 0.2) is 56.9 Å². The molecule has 0 bridgehead atoms. The summed E-state index contributed by atoms with van der Waals surface area (Å²) >= 11 is 5.70. The van der Waals surface area contributed by atoms with Crippen LogP contribution in [-0.2, 0) is 9.59 Å². The van der Waals surface area contributed by atoms with E-state index in [1.54, 1.807) is 75.2 Å². The Balaban J connectivity index is 0.000000127. The lowest BCUT2D eigenvalue weighted by Crippen LogP contribution is -2.51. The van der Waals surface area contributed by atoms with E-state index in [2.05, 4.69) is 107 Å². The Kier molecular flexibility index (Phi) is 29.9. The Morgan fingerprint density at radius 2 is 0.628 bits per heavy atom. The molecule has 13 aromatic heterocycles. The van der Waals surface area contributed by atoms with Gasteiger partial charge in [0, 0.05) is 169 Å². The topological polar surface area (TPSA) is 417 Å². The number of benzene rings is 1. The summed E-state index contributed by atoms with van der Waals surface area (Å²) in [7, 11) is 0. The van der Waals surface area contributed by atoms with Gasteiger partial charge in [-0.3, -0.25) is 58.3 Å². The number of likely N-dealkylation sites (tertiary alicyclic amines) is 4. The Bertz CT molecular complexity index is 6500. The maximum Gasteiger partial charge on any atom is 0.274 e. The smallest absolute Gasteiger partial charge is 0.274 e. The minimum absolute atomic E-state index is 0.0271. The molecule has 6 aliphatic rings. The molecule has 0 spiro atoms. The molecular weight excluding hydrogens is 1810 g/mol. The number of nitrogens with zero attached hydrogens (tertiary/aromatic N) is 20. The normalized spacial score (nSPS) is 16.3. The second-order valence-corrected chi connectivity index (χ2v) is 41.5. The van der Waals surface area contributed by atoms with Crippen LogP contribution in [0.25, 0.3) is 41.4 Å². The predicted molar refractivity (Wildman–Crippen MR) is 527 cm³/mol. The fourth-order valence-corrected chi connectivity index (χ4v) is 21.7. The van der Waals surface area contributed by atoms with E-state index in [1.165, 1.54) is 96.4 Å². The van der Waals surface area contributed by atoms with E-state index in [0.717, 1.165) is 84.7 Å². The lowest BCUT2D eigenvalue weighted by molar-refractivity contribution is -0.126. The number of pyridine rings is 4. The summed E-state index contributed by atoms with van der Waals surface area (Å²) < 4.78 is 7.77. The first-order chi connectivity index (χ1) is 66.2. The highest BCUT2D eigenvalue weighted by molar-refractivity contribution is 7.20. The highest BCUT2D eigenvalue weighted by Gasteiger charge is 2.41. The van der Waals surface area contributed by atoms with Crippen LogP contribution in [0, 0.1) is 77.0 Å². The third kappa shape index (κ3) is 23.2. The summed E-state index contributed by atoms with van der Waals surface area (Å²) in [6, 6.07) is 22.7. The van der Waals surface area contributed by atoms with Crippen LogP contribution in [0.1, 0.15) is 258 Å². The van der Waals surface area contributed by atoms with Crippen molar-refractivity contribution in [3.63, 3.8) is 0 Å². The Morgan fingerprint density at radius 3 is 0.891 bits per heavy atom. The summed E-state index contributed by atoms with van der Waals surface area (Å²) in [5, 5.41) is 16.4. The number of furan rings is 1. The second kappa shape index (κ2) is 43.0. The highest BCUT2D eigenvalue weighted by Crippen LogP contribution is 2.39. The number of Topliss-reactive ketones (excluding diaryl/α,β-unsaturated/α-hetero) is 4. The molecule has 2 saturated carbocycles. The number of carbonyl (C=O) groups excluding carboxylic acids is 8. The van der Waals surface area contributed by atoms with Crippen LogP contribution in [-0.4, -0.2) is 198 Å². The molecule has 1 aromatic carbocycles. The lowest BCUT2D eigenvalue weighted by atomic mass is 9.81. The number of aromatic nitrogens is 16. The van der Waals surface area contributed by atoms with E-state index >= 15 is 0 Å². The first kappa shape index (κ1) is 95.5. The van der Waals surface area contributed by atoms with Crippen molar-refractivity contribution in [1.82, 2.24) is 99.3 Å². The molecule has 14 aromatic rings. The van der Waals surface area contributed by atoms with Gasteiger partial charge in [0.1, 0.15) is 36.6 Å². The quantitative estimate of drug-likeness (QED) is 0.0331. The van der Waals surface area contributed by atoms with Crippen molar-refractivity contribution in [3.05, 3.63) is 222 Å². The molecular formula is C100H110N24O9S4. The van der Waals surface area contributed by atoms with Gasteiger partial charge in [0.2, 0.25) is 23.8 Å². The molecule has 4 amide bonds. The fourth-order valence-electron chi connectivity index (χ4n) is 18.3. The fraction of sp³-hybridized carbons (Fsp3) is 0.420. The van der Waals surface area contributed by atoms with E-state index in [0.29, 0.717) is 183 Å². The summed E-state index contributed by atoms with van der Waals surface area (Å²) in [5.41, 5.74) is 11.0. The zero-order valence-electron chi connectivity index (χ0n) is 78.3. The van der Waals surface area contributed by atoms with Crippen LogP contribution in [0.15, 0.2) is 139 Å². The molecule has 20 rings (SSSR count). The van der Waals surface area contributed by atoms with E-state index in [9.17, 15) is 38.4 Å². The second-order valence-electron chi connectivity index (χ2n) is 36.7. The van der Waals surface area contributed by atoms with Crippen molar-refractivity contribution >= 4 is 157 Å². The summed E-state index contributed by atoms with van der Waals surface area (Å²) in [5.74, 6) is 3.05. The number of fused-ring (bicyclic) bond motifs is 4. The lowest BCUT2D eigenvalue weighted by Gasteiger charge is -2.39. The SMILES string of the molecule is Cc1cc(C)cc(C(=O)CC2CN(C(=O)c3nc(NC(C)c4cccnc4)nc4nc(C)sc34)C2)c1.Cc1nc2nc(NC(C)c3cccnc3)nc(C(=O)N3CC(CC(=O)C4CCCCC4)C3)c2s1.Cc1nc2nc(NC(C)c3cccnc3)nc(C(=O)N3CC(CC(=O)C4CCCCC4)C3)c2s1.Cc1nc2nc(NC(C)c3cccnc3)nc(C(=O)N3CC(CC(=O)c4ccoc4)C3)c2s1. The van der Waals surface area contributed by atoms with Crippen LogP contribution in [0.5, 0.6) is 0 Å². The maximum atomic E-state index is 13.4. The third-order valence-corrected chi connectivity index (χ3v) is 29.7. The van der Waals surface area contributed by atoms with Gasteiger partial charge in [-0.05, 0) is 160 Å². The van der Waals surface area contributed by atoms with Gasteiger partial charge >= 0.3 is 0 Å². The standard InChI is InChI=1S/C27H28N6O2S.2C25H30N6O2S.C23H22N6O3S/c1-15-8-16(2)10-21(9-15)22(34)11-19-13-33(14-19)26(35)23-24-25(30-18(4)36-24)32-27(31-23)29-17(3)20-6-5-7-28-12-20;2*1-15(19-9-6-10-26-12-19)27-25-29-21(22-23(30-25)28-16(2)34-22)24(33)31-13-17(14-31)11-20(32)18-7-4-3-5-8-18;1-13(16-4-3-6-24-9-16)25-23-27-19(20-21(28-23)26-14(2)33-20)22(31)29-10-15(11-29)8-18(30)17-5-7-32-12-17/h5-10,12,17,19H,11,13-14H2,1-4H3,(H,29,31,32);2*6,9-10,12,15,17-18H,3-5,7-8,11,13-14H2,1-2H3,(H,27,29,30);3-7,9,12-13,15H,8,10-11H2,1-2H3,(H,25,27,28). The van der Waals surface area contributed by atoms with Gasteiger partial charge in [0.25, 0.3) is 23.6 Å². The third-order valence-electron chi connectivity index (χ3n) is 25.8.